The van der Waals surface area contributed by atoms with Crippen molar-refractivity contribution in [2.75, 3.05) is 18.0 Å². The molecule has 0 aliphatic carbocycles. The van der Waals surface area contributed by atoms with Gasteiger partial charge in [0.1, 0.15) is 5.60 Å². The summed E-state index contributed by atoms with van der Waals surface area (Å²) in [5, 5.41) is 2.99. The van der Waals surface area contributed by atoms with Crippen molar-refractivity contribution in [3.8, 4) is 17.5 Å². The van der Waals surface area contributed by atoms with E-state index in [1.165, 1.54) is 9.13 Å². The number of hydrogen-bond donors (Lipinski definition) is 1. The number of piperidine rings is 1. The zero-order chi connectivity index (χ0) is 34.2. The van der Waals surface area contributed by atoms with Crippen LogP contribution in [-0.2, 0) is 17.8 Å². The molecule has 5 aromatic rings. The lowest BCUT2D eigenvalue weighted by molar-refractivity contribution is 0.0499. The highest BCUT2D eigenvalue weighted by Gasteiger charge is 2.30. The summed E-state index contributed by atoms with van der Waals surface area (Å²) >= 11 is 0. The SMILES string of the molecule is CC#CCn1c(N2CCC[C@@H](NC(=O)OC(C)(C)C)C2)nc2c1c(=O)n(Cc1ccc3nc(C)c(C)nc3c1)c(=O)n2-c1ccccc1. The Morgan fingerprint density at radius 2 is 1.73 bits per heavy atom. The second-order valence-electron chi connectivity index (χ2n) is 13.1. The minimum Gasteiger partial charge on any atom is -0.444 e. The summed E-state index contributed by atoms with van der Waals surface area (Å²) in [4.78, 5) is 57.7. The number of nitrogens with one attached hydrogen (secondary N) is 1. The zero-order valence-corrected chi connectivity index (χ0v) is 28.2. The molecular formula is C36H40N8O4. The van der Waals surface area contributed by atoms with Crippen LogP contribution in [0.15, 0.2) is 58.1 Å². The Morgan fingerprint density at radius 3 is 2.44 bits per heavy atom. The number of alkyl carbamates (subject to hydrolysis) is 1. The molecule has 0 bridgehead atoms. The predicted molar refractivity (Wildman–Crippen MR) is 186 cm³/mol. The average molecular weight is 649 g/mol. The van der Waals surface area contributed by atoms with Gasteiger partial charge in [-0.3, -0.25) is 13.9 Å². The fraction of sp³-hybridized carbons (Fsp3) is 0.389. The van der Waals surface area contributed by atoms with E-state index in [1.807, 2.05) is 88.0 Å². The van der Waals surface area contributed by atoms with Crippen LogP contribution in [-0.4, -0.2) is 59.5 Å². The normalized spacial score (nSPS) is 15.0. The third-order valence-electron chi connectivity index (χ3n) is 8.34. The number of rotatable bonds is 6. The van der Waals surface area contributed by atoms with Crippen LogP contribution in [0.2, 0.25) is 0 Å². The summed E-state index contributed by atoms with van der Waals surface area (Å²) in [7, 11) is 0. The first-order valence-corrected chi connectivity index (χ1v) is 16.1. The predicted octanol–water partition coefficient (Wildman–Crippen LogP) is 4.47. The number of nitrogens with zero attached hydrogens (tertiary/aromatic N) is 7. The van der Waals surface area contributed by atoms with Crippen LogP contribution in [0.4, 0.5) is 10.7 Å². The van der Waals surface area contributed by atoms with Crippen molar-refractivity contribution in [1.29, 1.82) is 0 Å². The largest absolute Gasteiger partial charge is 0.444 e. The van der Waals surface area contributed by atoms with Crippen LogP contribution in [0.25, 0.3) is 27.9 Å². The van der Waals surface area contributed by atoms with Crippen molar-refractivity contribution in [3.63, 3.8) is 0 Å². The number of aromatic nitrogens is 6. The van der Waals surface area contributed by atoms with Gasteiger partial charge in [0.25, 0.3) is 5.56 Å². The molecule has 1 atom stereocenters. The van der Waals surface area contributed by atoms with Crippen LogP contribution in [0, 0.1) is 25.7 Å². The number of carbonyl (C=O) groups is 1. The number of ether oxygens (including phenoxy) is 1. The maximum absolute atomic E-state index is 14.4. The summed E-state index contributed by atoms with van der Waals surface area (Å²) in [5.74, 6) is 6.54. The second kappa shape index (κ2) is 13.0. The molecule has 1 amide bonds. The van der Waals surface area contributed by atoms with E-state index in [1.54, 1.807) is 11.5 Å². The van der Waals surface area contributed by atoms with E-state index in [4.69, 9.17) is 9.72 Å². The Hall–Kier alpha value is -5.44. The lowest BCUT2D eigenvalue weighted by Crippen LogP contribution is -2.49. The first-order chi connectivity index (χ1) is 22.9. The summed E-state index contributed by atoms with van der Waals surface area (Å²) < 4.78 is 10.0. The van der Waals surface area contributed by atoms with Gasteiger partial charge in [0.15, 0.2) is 11.2 Å². The third-order valence-corrected chi connectivity index (χ3v) is 8.34. The molecule has 248 valence electrons. The smallest absolute Gasteiger partial charge is 0.407 e. The monoisotopic (exact) mass is 648 g/mol. The molecule has 0 spiro atoms. The quantitative estimate of drug-likeness (QED) is 0.267. The second-order valence-corrected chi connectivity index (χ2v) is 13.1. The van der Waals surface area contributed by atoms with Gasteiger partial charge in [-0.1, -0.05) is 30.2 Å². The molecule has 1 aliphatic rings. The molecule has 1 aliphatic heterocycles. The molecule has 1 N–H and O–H groups in total. The molecule has 2 aromatic carbocycles. The summed E-state index contributed by atoms with van der Waals surface area (Å²) in [6, 6.07) is 14.6. The number of amides is 1. The number of para-hydroxylation sites is 1. The Morgan fingerprint density at radius 1 is 1.00 bits per heavy atom. The molecule has 3 aromatic heterocycles. The van der Waals surface area contributed by atoms with E-state index in [0.29, 0.717) is 30.2 Å². The molecule has 48 heavy (non-hydrogen) atoms. The van der Waals surface area contributed by atoms with Gasteiger partial charge in [0.2, 0.25) is 5.95 Å². The standard InChI is InChI=1S/C36H40N8O4/c1-7-8-19-42-30-31(40-33(42)41-18-12-13-26(22-41)39-34(46)48-36(4,5)6)44(27-14-10-9-11-15-27)35(47)43(32(30)45)21-25-16-17-28-29(20-25)38-24(3)23(2)37-28/h9-11,14-17,20,26H,12-13,18-19,21-22H2,1-6H3,(H,39,46)/t26-/m1/s1. The average Bonchev–Trinajstić information content (AvgIpc) is 3.41. The third kappa shape index (κ3) is 6.53. The highest BCUT2D eigenvalue weighted by molar-refractivity contribution is 5.77. The van der Waals surface area contributed by atoms with Crippen molar-refractivity contribution in [2.24, 2.45) is 0 Å². The van der Waals surface area contributed by atoms with E-state index >= 15 is 0 Å². The summed E-state index contributed by atoms with van der Waals surface area (Å²) in [5.41, 5.74) is 3.35. The highest BCUT2D eigenvalue weighted by atomic mass is 16.6. The molecule has 12 heteroatoms. The highest BCUT2D eigenvalue weighted by Crippen LogP contribution is 2.25. The maximum atomic E-state index is 14.4. The van der Waals surface area contributed by atoms with E-state index in [9.17, 15) is 14.4 Å². The number of anilines is 1. The van der Waals surface area contributed by atoms with Crippen molar-refractivity contribution >= 4 is 34.2 Å². The van der Waals surface area contributed by atoms with Gasteiger partial charge < -0.3 is 15.0 Å². The van der Waals surface area contributed by atoms with Gasteiger partial charge in [-0.25, -0.2) is 24.1 Å². The molecule has 0 unspecified atom stereocenters. The van der Waals surface area contributed by atoms with Crippen LogP contribution in [0.1, 0.15) is 57.5 Å². The minimum absolute atomic E-state index is 0.0244. The Bertz CT molecular complexity index is 2200. The first-order valence-electron chi connectivity index (χ1n) is 16.1. The van der Waals surface area contributed by atoms with Gasteiger partial charge in [-0.15, -0.1) is 5.92 Å². The van der Waals surface area contributed by atoms with Crippen LogP contribution in [0.5, 0.6) is 0 Å². The maximum Gasteiger partial charge on any atom is 0.407 e. The zero-order valence-electron chi connectivity index (χ0n) is 28.2. The van der Waals surface area contributed by atoms with E-state index in [0.717, 1.165) is 35.3 Å². The van der Waals surface area contributed by atoms with Gasteiger partial charge >= 0.3 is 11.8 Å². The van der Waals surface area contributed by atoms with Gasteiger partial charge in [0.05, 0.1) is 41.2 Å². The number of fused-ring (bicyclic) bond motifs is 2. The molecule has 0 radical (unpaired) electrons. The van der Waals surface area contributed by atoms with Crippen LogP contribution in [0.3, 0.4) is 0 Å². The summed E-state index contributed by atoms with van der Waals surface area (Å²) in [6.07, 6.45) is 1.06. The lowest BCUT2D eigenvalue weighted by Gasteiger charge is -2.34. The number of aryl methyl sites for hydroxylation is 2. The van der Waals surface area contributed by atoms with Gasteiger partial charge in [-0.2, -0.15) is 4.98 Å². The van der Waals surface area contributed by atoms with Crippen LogP contribution >= 0.6 is 0 Å². The number of hydrogen-bond acceptors (Lipinski definition) is 8. The number of carbonyl (C=O) groups excluding carboxylic acids is 1. The molecule has 6 rings (SSSR count). The Kier molecular flexibility index (Phi) is 8.79. The molecule has 1 saturated heterocycles. The van der Waals surface area contributed by atoms with Crippen molar-refractivity contribution in [2.45, 2.75) is 79.1 Å². The fourth-order valence-electron chi connectivity index (χ4n) is 6.03. The number of imidazole rings is 1. The van der Waals surface area contributed by atoms with E-state index in [2.05, 4.69) is 27.1 Å². The first kappa shape index (κ1) is 32.5. The van der Waals surface area contributed by atoms with Crippen molar-refractivity contribution in [1.82, 2.24) is 34.0 Å². The minimum atomic E-state index is -0.621. The van der Waals surface area contributed by atoms with E-state index < -0.39 is 22.9 Å². The molecule has 4 heterocycles. The van der Waals surface area contributed by atoms with Crippen LogP contribution < -0.4 is 21.5 Å². The van der Waals surface area contributed by atoms with Gasteiger partial charge in [-0.05, 0) is 84.2 Å². The van der Waals surface area contributed by atoms with E-state index in [-0.39, 0.29) is 30.3 Å². The Labute approximate surface area is 278 Å². The molecule has 12 nitrogen and oxygen atoms in total. The van der Waals surface area contributed by atoms with Crippen molar-refractivity contribution < 1.29 is 9.53 Å². The number of benzene rings is 2. The molecule has 1 fully saturated rings. The summed E-state index contributed by atoms with van der Waals surface area (Å²) in [6.45, 7) is 12.3. The molecule has 0 saturated carbocycles. The topological polar surface area (TPSA) is 129 Å². The fourth-order valence-corrected chi connectivity index (χ4v) is 6.03. The lowest BCUT2D eigenvalue weighted by atomic mass is 10.1. The molecular weight excluding hydrogens is 608 g/mol. The van der Waals surface area contributed by atoms with Gasteiger partial charge in [0, 0.05) is 19.1 Å². The van der Waals surface area contributed by atoms with Crippen molar-refractivity contribution in [3.05, 3.63) is 86.3 Å². The Balaban J connectivity index is 1.49.